The molecule has 4 atom stereocenters. The minimum atomic E-state index is -0.723. The van der Waals surface area contributed by atoms with Crippen molar-refractivity contribution in [3.63, 3.8) is 0 Å². The fourth-order valence-electron chi connectivity index (χ4n) is 4.46. The van der Waals surface area contributed by atoms with Gasteiger partial charge in [0, 0.05) is 5.92 Å². The Kier molecular flexibility index (Phi) is 13.3. The molecule has 197 valence electrons. The van der Waals surface area contributed by atoms with Crippen LogP contribution in [-0.4, -0.2) is 15.7 Å². The Bertz CT molecular complexity index is 1060. The van der Waals surface area contributed by atoms with E-state index in [9.17, 15) is 0 Å². The van der Waals surface area contributed by atoms with Crippen LogP contribution in [0.15, 0.2) is 121 Å². The van der Waals surface area contributed by atoms with Crippen molar-refractivity contribution in [2.24, 2.45) is 0 Å². The monoisotopic (exact) mass is 657 g/mol. The van der Waals surface area contributed by atoms with Gasteiger partial charge < -0.3 is 0 Å². The summed E-state index contributed by atoms with van der Waals surface area (Å²) in [6.07, 6.45) is 4.41. The van der Waals surface area contributed by atoms with Gasteiger partial charge in [-0.05, 0) is 30.1 Å². The van der Waals surface area contributed by atoms with E-state index < -0.39 is 4.87 Å². The van der Waals surface area contributed by atoms with Crippen LogP contribution in [0, 0.1) is 0 Å². The normalized spacial score (nSPS) is 12.9. The molecule has 0 aliphatic rings. The summed E-state index contributed by atoms with van der Waals surface area (Å²) in [5.41, 5.74) is 4.90. The molecule has 0 heterocycles. The molecule has 0 N–H and O–H groups in total. The first-order valence-corrected chi connectivity index (χ1v) is 15.8. The number of halogens is 2. The van der Waals surface area contributed by atoms with Gasteiger partial charge in [0.2, 0.25) is 0 Å². The van der Waals surface area contributed by atoms with Crippen LogP contribution in [-0.2, 0) is 24.1 Å². The minimum absolute atomic E-state index is 0.217. The van der Waals surface area contributed by atoms with Crippen LogP contribution < -0.4 is 0 Å². The van der Waals surface area contributed by atoms with E-state index in [1.165, 1.54) is 30.1 Å². The first-order valence-electron chi connectivity index (χ1n) is 12.6. The predicted molar refractivity (Wildman–Crippen MR) is 166 cm³/mol. The molecule has 0 fully saturated rings. The fourth-order valence-corrected chi connectivity index (χ4v) is 6.49. The molecule has 0 aliphatic carbocycles. The first-order chi connectivity index (χ1) is 18.0. The third-order valence-corrected chi connectivity index (χ3v) is 8.70. The van der Waals surface area contributed by atoms with Crippen LogP contribution in [0.1, 0.15) is 47.4 Å². The Balaban J connectivity index is 0.000000208. The molecule has 0 radical (unpaired) electrons. The predicted octanol–water partition coefficient (Wildman–Crippen LogP) is 9.39. The summed E-state index contributed by atoms with van der Waals surface area (Å²) < 4.78 is 0.269. The van der Waals surface area contributed by atoms with E-state index in [4.69, 9.17) is 23.2 Å². The molecule has 4 aromatic carbocycles. The van der Waals surface area contributed by atoms with Crippen molar-refractivity contribution < 1.29 is 19.2 Å². The molecular weight excluding hydrogens is 624 g/mol. The van der Waals surface area contributed by atoms with Crippen molar-refractivity contribution in [1.82, 2.24) is 0 Å². The zero-order valence-electron chi connectivity index (χ0n) is 20.8. The Morgan fingerprint density at radius 3 is 1.41 bits per heavy atom. The summed E-state index contributed by atoms with van der Waals surface area (Å²) in [5, 5.41) is -0.217. The SMILES string of the molecule is PCCCC(c1ccccc1)c1ccccc1.P[CH]([Pd])CC(Cl)C(Cl)(c1ccccc1)c1ccccc1. The number of hydrogen-bond donors (Lipinski definition) is 0. The fraction of sp³-hybridized carbons (Fsp3) is 0.250. The summed E-state index contributed by atoms with van der Waals surface area (Å²) in [4.78, 5) is -0.723. The Morgan fingerprint density at radius 2 is 1.05 bits per heavy atom. The second kappa shape index (κ2) is 16.2. The van der Waals surface area contributed by atoms with Gasteiger partial charge in [0.25, 0.3) is 0 Å². The molecule has 4 rings (SSSR count). The van der Waals surface area contributed by atoms with E-state index in [1.54, 1.807) is 0 Å². The average molecular weight is 659 g/mol. The molecule has 0 nitrogen and oxygen atoms in total. The van der Waals surface area contributed by atoms with Crippen LogP contribution in [0.3, 0.4) is 0 Å². The summed E-state index contributed by atoms with van der Waals surface area (Å²) in [6.45, 7) is 0. The summed E-state index contributed by atoms with van der Waals surface area (Å²) in [5.74, 6) is 0.540. The third kappa shape index (κ3) is 9.01. The topological polar surface area (TPSA) is 0 Å². The Hall–Kier alpha value is -1.02. The van der Waals surface area contributed by atoms with Crippen molar-refractivity contribution in [2.75, 3.05) is 6.16 Å². The van der Waals surface area contributed by atoms with E-state index in [0.717, 1.165) is 17.5 Å². The molecule has 37 heavy (non-hydrogen) atoms. The second-order valence-electron chi connectivity index (χ2n) is 8.92. The van der Waals surface area contributed by atoms with Gasteiger partial charge >= 0.3 is 144 Å². The van der Waals surface area contributed by atoms with Gasteiger partial charge in [-0.1, -0.05) is 60.7 Å². The van der Waals surface area contributed by atoms with Crippen molar-refractivity contribution in [3.8, 4) is 0 Å². The van der Waals surface area contributed by atoms with E-state index in [-0.39, 0.29) is 9.51 Å². The van der Waals surface area contributed by atoms with Crippen molar-refractivity contribution in [1.29, 1.82) is 0 Å². The van der Waals surface area contributed by atoms with E-state index >= 15 is 0 Å². The molecule has 0 spiro atoms. The van der Waals surface area contributed by atoms with Crippen molar-refractivity contribution in [3.05, 3.63) is 144 Å². The van der Waals surface area contributed by atoms with Crippen LogP contribution in [0.4, 0.5) is 0 Å². The van der Waals surface area contributed by atoms with Crippen LogP contribution in [0.5, 0.6) is 0 Å². The maximum atomic E-state index is 7.03. The molecule has 0 saturated heterocycles. The molecule has 0 bridgehead atoms. The van der Waals surface area contributed by atoms with Gasteiger partial charge in [-0.15, -0.1) is 9.24 Å². The van der Waals surface area contributed by atoms with E-state index in [2.05, 4.69) is 98.3 Å². The number of alkyl halides is 2. The van der Waals surface area contributed by atoms with Gasteiger partial charge in [0.05, 0.1) is 0 Å². The number of rotatable bonds is 10. The Labute approximate surface area is 248 Å². The van der Waals surface area contributed by atoms with E-state index in [0.29, 0.717) is 5.92 Å². The molecule has 4 aromatic rings. The van der Waals surface area contributed by atoms with Gasteiger partial charge in [0.15, 0.2) is 0 Å². The van der Waals surface area contributed by atoms with Gasteiger partial charge in [-0.2, -0.15) is 0 Å². The molecular formula is C32H35Cl2P2Pd. The molecule has 0 aliphatic heterocycles. The zero-order chi connectivity index (χ0) is 26.5. The number of benzene rings is 4. The van der Waals surface area contributed by atoms with Crippen molar-refractivity contribution in [2.45, 2.75) is 39.6 Å². The van der Waals surface area contributed by atoms with Crippen LogP contribution >= 0.6 is 41.7 Å². The summed E-state index contributed by atoms with van der Waals surface area (Å²) in [6, 6.07) is 41.7. The molecule has 0 saturated carbocycles. The summed E-state index contributed by atoms with van der Waals surface area (Å²) >= 11 is 17.0. The standard InChI is InChI=1S/C16H16Cl2P.C16H19P.Pd/c17-15(11-12-19)16(18,13-7-3-1-4-8-13)14-9-5-2-6-10-14;17-13-7-12-16(14-8-3-1-4-9-14)15-10-5-2-6-11-15;/h1-10,12,15H,11,19H2;1-6,8-11,16H,7,12-13,17H2;. The van der Waals surface area contributed by atoms with Gasteiger partial charge in [-0.25, -0.2) is 0 Å². The maximum absolute atomic E-state index is 7.03. The number of hydrogen-bond acceptors (Lipinski definition) is 0. The second-order valence-corrected chi connectivity index (χ2v) is 13.5. The Morgan fingerprint density at radius 1 is 0.676 bits per heavy atom. The summed E-state index contributed by atoms with van der Waals surface area (Å²) in [7, 11) is 5.54. The van der Waals surface area contributed by atoms with Crippen molar-refractivity contribution >= 4 is 41.7 Å². The van der Waals surface area contributed by atoms with E-state index in [1.807, 2.05) is 60.7 Å². The average Bonchev–Trinajstić information content (AvgIpc) is 2.95. The van der Waals surface area contributed by atoms with Crippen LogP contribution in [0.25, 0.3) is 0 Å². The van der Waals surface area contributed by atoms with Gasteiger partial charge in [0.1, 0.15) is 0 Å². The van der Waals surface area contributed by atoms with Gasteiger partial charge in [-0.3, -0.25) is 0 Å². The quantitative estimate of drug-likeness (QED) is 0.0905. The molecule has 5 heteroatoms. The van der Waals surface area contributed by atoms with Crippen LogP contribution in [0.2, 0.25) is 0 Å². The molecule has 4 unspecified atom stereocenters. The first kappa shape index (κ1) is 30.5. The molecule has 0 aromatic heterocycles. The molecule has 0 amide bonds. The third-order valence-electron chi connectivity index (χ3n) is 6.34. The zero-order valence-corrected chi connectivity index (χ0v) is 26.2.